The number of carbonyl (C=O) groups excluding carboxylic acids is 1. The summed E-state index contributed by atoms with van der Waals surface area (Å²) in [5, 5.41) is 13.9. The Morgan fingerprint density at radius 3 is 2.96 bits per heavy atom. The van der Waals surface area contributed by atoms with Crippen molar-refractivity contribution in [1.29, 1.82) is 0 Å². The number of benzene rings is 1. The minimum absolute atomic E-state index is 0.0404. The van der Waals surface area contributed by atoms with Gasteiger partial charge in [-0.1, -0.05) is 16.8 Å². The van der Waals surface area contributed by atoms with E-state index in [1.165, 1.54) is 18.2 Å². The third-order valence-electron chi connectivity index (χ3n) is 3.17. The molecule has 0 aliphatic heterocycles. The Bertz CT molecular complexity index is 867. The van der Waals surface area contributed by atoms with Crippen molar-refractivity contribution < 1.29 is 19.2 Å². The number of rotatable bonds is 4. The van der Waals surface area contributed by atoms with Crippen LogP contribution in [0, 0.1) is 0 Å². The first-order chi connectivity index (χ1) is 11.5. The monoisotopic (exact) mass is 345 g/mol. The van der Waals surface area contributed by atoms with Gasteiger partial charge in [-0.15, -0.1) is 0 Å². The predicted molar refractivity (Wildman–Crippen MR) is 84.5 cm³/mol. The number of phenolic OH excluding ortho intramolecular Hbond substituents is 1. The molecule has 122 valence electrons. The Morgan fingerprint density at radius 2 is 2.21 bits per heavy atom. The van der Waals surface area contributed by atoms with Crippen molar-refractivity contribution in [1.82, 2.24) is 15.1 Å². The lowest BCUT2D eigenvalue weighted by molar-refractivity contribution is 0.0262. The van der Waals surface area contributed by atoms with E-state index in [4.69, 9.17) is 20.9 Å². The van der Waals surface area contributed by atoms with E-state index in [0.717, 1.165) is 0 Å². The molecule has 0 saturated heterocycles. The van der Waals surface area contributed by atoms with Gasteiger partial charge in [0.25, 0.3) is 5.89 Å². The summed E-state index contributed by atoms with van der Waals surface area (Å²) in [7, 11) is 0. The topological polar surface area (TPSA) is 98.3 Å². The normalized spacial score (nSPS) is 11.9. The fourth-order valence-corrected chi connectivity index (χ4v) is 2.13. The number of phenols is 1. The summed E-state index contributed by atoms with van der Waals surface area (Å²) in [6.07, 6.45) is 2.43. The molecule has 0 aliphatic carbocycles. The smallest absolute Gasteiger partial charge is 0.342 e. The highest BCUT2D eigenvalue weighted by molar-refractivity contribution is 6.31. The largest absolute Gasteiger partial charge is 0.507 e. The quantitative estimate of drug-likeness (QED) is 0.723. The third kappa shape index (κ3) is 3.36. The first-order valence-corrected chi connectivity index (χ1v) is 7.36. The highest BCUT2D eigenvalue weighted by atomic mass is 35.5. The number of hydrogen-bond donors (Lipinski definition) is 1. The van der Waals surface area contributed by atoms with E-state index in [1.54, 1.807) is 31.5 Å². The van der Waals surface area contributed by atoms with Crippen molar-refractivity contribution in [2.45, 2.75) is 13.0 Å². The van der Waals surface area contributed by atoms with Crippen LogP contribution >= 0.6 is 11.6 Å². The first-order valence-electron chi connectivity index (χ1n) is 6.98. The zero-order chi connectivity index (χ0) is 17.1. The van der Waals surface area contributed by atoms with Crippen molar-refractivity contribution in [3.8, 4) is 17.1 Å². The number of halogens is 1. The van der Waals surface area contributed by atoms with Crippen LogP contribution in [0.2, 0.25) is 5.02 Å². The number of nitrogens with zero attached hydrogens (tertiary/aromatic N) is 3. The molecule has 7 nitrogen and oxygen atoms in total. The second-order valence-electron chi connectivity index (χ2n) is 4.91. The maximum atomic E-state index is 12.1. The number of esters is 1. The molecule has 24 heavy (non-hydrogen) atoms. The van der Waals surface area contributed by atoms with Crippen LogP contribution in [0.25, 0.3) is 11.4 Å². The molecule has 2 heterocycles. The highest BCUT2D eigenvalue weighted by Crippen LogP contribution is 2.25. The van der Waals surface area contributed by atoms with Gasteiger partial charge in [0, 0.05) is 23.0 Å². The minimum Gasteiger partial charge on any atom is -0.507 e. The molecule has 0 amide bonds. The van der Waals surface area contributed by atoms with Crippen LogP contribution in [0.1, 0.15) is 29.3 Å². The van der Waals surface area contributed by atoms with Crippen LogP contribution in [-0.2, 0) is 4.74 Å². The molecule has 8 heteroatoms. The Kier molecular flexibility index (Phi) is 4.43. The number of carbonyl (C=O) groups is 1. The third-order valence-corrected chi connectivity index (χ3v) is 3.41. The lowest BCUT2D eigenvalue weighted by atomic mass is 10.2. The molecule has 0 radical (unpaired) electrons. The summed E-state index contributed by atoms with van der Waals surface area (Å²) in [5.41, 5.74) is 0.639. The summed E-state index contributed by atoms with van der Waals surface area (Å²) < 4.78 is 10.4. The fraction of sp³-hybridized carbons (Fsp3) is 0.125. The number of pyridine rings is 1. The molecule has 0 saturated carbocycles. The summed E-state index contributed by atoms with van der Waals surface area (Å²) in [4.78, 5) is 20.3. The summed E-state index contributed by atoms with van der Waals surface area (Å²) in [6, 6.07) is 7.63. The van der Waals surface area contributed by atoms with Gasteiger partial charge in [-0.3, -0.25) is 4.98 Å². The molecule has 0 spiro atoms. The van der Waals surface area contributed by atoms with E-state index in [2.05, 4.69) is 15.1 Å². The molecular formula is C16H12ClN3O4. The van der Waals surface area contributed by atoms with Gasteiger partial charge in [0.05, 0.1) is 0 Å². The standard InChI is InChI=1S/C16H12ClN3O4/c1-9(23-16(22)12-7-11(17)4-5-13(12)21)15-19-14(20-24-15)10-3-2-6-18-8-10/h2-9,21H,1H3. The van der Waals surface area contributed by atoms with Gasteiger partial charge in [0.15, 0.2) is 6.10 Å². The number of aromatic nitrogens is 3. The van der Waals surface area contributed by atoms with Crippen molar-refractivity contribution >= 4 is 17.6 Å². The second-order valence-corrected chi connectivity index (χ2v) is 5.34. The SMILES string of the molecule is CC(OC(=O)c1cc(Cl)ccc1O)c1nc(-c2cccnc2)no1. The summed E-state index contributed by atoms with van der Waals surface area (Å²) >= 11 is 5.82. The van der Waals surface area contributed by atoms with Crippen molar-refractivity contribution in [3.63, 3.8) is 0 Å². The molecule has 1 unspecified atom stereocenters. The van der Waals surface area contributed by atoms with E-state index in [-0.39, 0.29) is 17.2 Å². The number of hydrogen-bond acceptors (Lipinski definition) is 7. The molecule has 0 bridgehead atoms. The zero-order valence-corrected chi connectivity index (χ0v) is 13.3. The number of ether oxygens (including phenoxy) is 1. The van der Waals surface area contributed by atoms with E-state index >= 15 is 0 Å². The zero-order valence-electron chi connectivity index (χ0n) is 12.5. The summed E-state index contributed by atoms with van der Waals surface area (Å²) in [5.74, 6) is -0.503. The molecular weight excluding hydrogens is 334 g/mol. The van der Waals surface area contributed by atoms with Crippen molar-refractivity contribution in [2.75, 3.05) is 0 Å². The Labute approximate surface area is 141 Å². The maximum Gasteiger partial charge on any atom is 0.342 e. The van der Waals surface area contributed by atoms with E-state index in [0.29, 0.717) is 16.4 Å². The van der Waals surface area contributed by atoms with Gasteiger partial charge >= 0.3 is 5.97 Å². The van der Waals surface area contributed by atoms with Gasteiger partial charge in [-0.25, -0.2) is 4.79 Å². The van der Waals surface area contributed by atoms with Gasteiger partial charge in [-0.2, -0.15) is 4.98 Å². The average molecular weight is 346 g/mol. The van der Waals surface area contributed by atoms with Crippen LogP contribution in [0.15, 0.2) is 47.2 Å². The van der Waals surface area contributed by atoms with Gasteiger partial charge < -0.3 is 14.4 Å². The Balaban J connectivity index is 1.75. The van der Waals surface area contributed by atoms with E-state index in [9.17, 15) is 9.90 Å². The van der Waals surface area contributed by atoms with Crippen LogP contribution in [0.3, 0.4) is 0 Å². The molecule has 3 aromatic rings. The molecule has 1 atom stereocenters. The van der Waals surface area contributed by atoms with Crippen molar-refractivity contribution in [3.05, 3.63) is 59.2 Å². The molecule has 1 aromatic carbocycles. The minimum atomic E-state index is -0.797. The average Bonchev–Trinajstić information content (AvgIpc) is 3.08. The van der Waals surface area contributed by atoms with E-state index in [1.807, 2.05) is 0 Å². The Hall–Kier alpha value is -2.93. The highest BCUT2D eigenvalue weighted by Gasteiger charge is 2.22. The van der Waals surface area contributed by atoms with Crippen LogP contribution in [0.5, 0.6) is 5.75 Å². The lowest BCUT2D eigenvalue weighted by Crippen LogP contribution is -2.09. The molecule has 2 aromatic heterocycles. The molecule has 0 fully saturated rings. The second kappa shape index (κ2) is 6.67. The van der Waals surface area contributed by atoms with Gasteiger partial charge in [0.1, 0.15) is 11.3 Å². The molecule has 1 N–H and O–H groups in total. The first kappa shape index (κ1) is 15.9. The summed E-state index contributed by atoms with van der Waals surface area (Å²) in [6.45, 7) is 1.58. The molecule has 0 aliphatic rings. The van der Waals surface area contributed by atoms with Gasteiger partial charge in [-0.05, 0) is 37.3 Å². The Morgan fingerprint density at radius 1 is 1.38 bits per heavy atom. The van der Waals surface area contributed by atoms with Crippen molar-refractivity contribution in [2.24, 2.45) is 0 Å². The van der Waals surface area contributed by atoms with Crippen LogP contribution in [-0.4, -0.2) is 26.2 Å². The van der Waals surface area contributed by atoms with Crippen LogP contribution in [0.4, 0.5) is 0 Å². The lowest BCUT2D eigenvalue weighted by Gasteiger charge is -2.10. The van der Waals surface area contributed by atoms with Crippen LogP contribution < -0.4 is 0 Å². The van der Waals surface area contributed by atoms with E-state index < -0.39 is 12.1 Å². The fourth-order valence-electron chi connectivity index (χ4n) is 1.96. The van der Waals surface area contributed by atoms with Gasteiger partial charge in [0.2, 0.25) is 5.82 Å². The molecule has 3 rings (SSSR count). The predicted octanol–water partition coefficient (Wildman–Crippen LogP) is 3.41. The number of aromatic hydroxyl groups is 1. The maximum absolute atomic E-state index is 12.1.